The highest BCUT2D eigenvalue weighted by Crippen LogP contribution is 2.11. The quantitative estimate of drug-likeness (QED) is 0.830. The minimum atomic E-state index is 0.506. The summed E-state index contributed by atoms with van der Waals surface area (Å²) in [5, 5.41) is 8.05. The summed E-state index contributed by atoms with van der Waals surface area (Å²) < 4.78 is 1.96. The molecule has 0 aliphatic heterocycles. The molecule has 17 heavy (non-hydrogen) atoms. The number of anilines is 1. The lowest BCUT2D eigenvalue weighted by Crippen LogP contribution is -1.99. The van der Waals surface area contributed by atoms with Crippen molar-refractivity contribution in [2.45, 2.75) is 26.4 Å². The van der Waals surface area contributed by atoms with Crippen LogP contribution in [0.1, 0.15) is 18.9 Å². The summed E-state index contributed by atoms with van der Waals surface area (Å²) in [5.41, 5.74) is 2.12. The van der Waals surface area contributed by atoms with Gasteiger partial charge >= 0.3 is 0 Å². The summed E-state index contributed by atoms with van der Waals surface area (Å²) in [7, 11) is 0. The molecule has 0 amide bonds. The van der Waals surface area contributed by atoms with Crippen LogP contribution < -0.4 is 5.32 Å². The average molecular weight is 251 g/mol. The molecule has 0 radical (unpaired) electrons. The Kier molecular flexibility index (Phi) is 3.98. The molecule has 2 rings (SSSR count). The van der Waals surface area contributed by atoms with Crippen molar-refractivity contribution >= 4 is 17.3 Å². The fraction of sp³-hybridized carbons (Fsp3) is 0.333. The van der Waals surface area contributed by atoms with Gasteiger partial charge in [-0.25, -0.2) is 4.98 Å². The predicted molar refractivity (Wildman–Crippen MR) is 69.1 cm³/mol. The largest absolute Gasteiger partial charge is 0.380 e. The van der Waals surface area contributed by atoms with Crippen LogP contribution in [0.2, 0.25) is 5.15 Å². The fourth-order valence-corrected chi connectivity index (χ4v) is 1.65. The Morgan fingerprint density at radius 1 is 1.35 bits per heavy atom. The van der Waals surface area contributed by atoms with Gasteiger partial charge in [0.15, 0.2) is 0 Å². The number of nitrogens with one attached hydrogen (secondary N) is 1. The zero-order valence-electron chi connectivity index (χ0n) is 9.73. The normalized spacial score (nSPS) is 10.5. The molecule has 0 atom stereocenters. The molecular formula is C12H15ClN4. The van der Waals surface area contributed by atoms with Gasteiger partial charge in [0.2, 0.25) is 0 Å². The van der Waals surface area contributed by atoms with Gasteiger partial charge in [-0.15, -0.1) is 0 Å². The van der Waals surface area contributed by atoms with Crippen LogP contribution in [0.15, 0.2) is 30.7 Å². The zero-order valence-corrected chi connectivity index (χ0v) is 10.5. The van der Waals surface area contributed by atoms with Crippen molar-refractivity contribution in [2.24, 2.45) is 0 Å². The molecule has 5 heteroatoms. The molecule has 0 aromatic carbocycles. The molecule has 2 aromatic rings. The number of nitrogens with zero attached hydrogens (tertiary/aromatic N) is 3. The number of pyridine rings is 1. The van der Waals surface area contributed by atoms with E-state index in [2.05, 4.69) is 28.5 Å². The molecule has 0 fully saturated rings. The van der Waals surface area contributed by atoms with E-state index in [1.807, 2.05) is 16.9 Å². The van der Waals surface area contributed by atoms with E-state index < -0.39 is 0 Å². The highest BCUT2D eigenvalue weighted by Gasteiger charge is 1.98. The van der Waals surface area contributed by atoms with Crippen LogP contribution in [0.4, 0.5) is 5.69 Å². The molecule has 2 aromatic heterocycles. The first kappa shape index (κ1) is 11.9. The van der Waals surface area contributed by atoms with E-state index >= 15 is 0 Å². The van der Waals surface area contributed by atoms with Gasteiger partial charge in [0.05, 0.1) is 18.1 Å². The Morgan fingerprint density at radius 2 is 2.24 bits per heavy atom. The third kappa shape index (κ3) is 3.46. The van der Waals surface area contributed by atoms with E-state index in [-0.39, 0.29) is 0 Å². The maximum absolute atomic E-state index is 5.71. The molecule has 90 valence electrons. The number of hydrogen-bond donors (Lipinski definition) is 1. The van der Waals surface area contributed by atoms with E-state index in [0.717, 1.165) is 30.8 Å². The molecule has 0 saturated carbocycles. The van der Waals surface area contributed by atoms with Crippen LogP contribution >= 0.6 is 11.6 Å². The fourth-order valence-electron chi connectivity index (χ4n) is 1.53. The van der Waals surface area contributed by atoms with Crippen LogP contribution in [0.5, 0.6) is 0 Å². The van der Waals surface area contributed by atoms with Crippen molar-refractivity contribution in [2.75, 3.05) is 5.32 Å². The van der Waals surface area contributed by atoms with E-state index in [0.29, 0.717) is 5.15 Å². The summed E-state index contributed by atoms with van der Waals surface area (Å²) in [4.78, 5) is 4.01. The van der Waals surface area contributed by atoms with Gasteiger partial charge in [0.1, 0.15) is 5.15 Å². The molecule has 2 heterocycles. The van der Waals surface area contributed by atoms with Gasteiger partial charge in [-0.3, -0.25) is 4.68 Å². The highest BCUT2D eigenvalue weighted by atomic mass is 35.5. The lowest BCUT2D eigenvalue weighted by molar-refractivity contribution is 0.602. The average Bonchev–Trinajstić information content (AvgIpc) is 2.77. The Bertz CT molecular complexity index is 464. The van der Waals surface area contributed by atoms with Gasteiger partial charge in [0.25, 0.3) is 0 Å². The van der Waals surface area contributed by atoms with Gasteiger partial charge in [-0.05, 0) is 18.6 Å². The van der Waals surface area contributed by atoms with Gasteiger partial charge in [-0.2, -0.15) is 5.10 Å². The van der Waals surface area contributed by atoms with Crippen molar-refractivity contribution in [3.8, 4) is 0 Å². The summed E-state index contributed by atoms with van der Waals surface area (Å²) in [6, 6.07) is 3.68. The van der Waals surface area contributed by atoms with E-state index in [9.17, 15) is 0 Å². The molecule has 0 aliphatic carbocycles. The Labute approximate surface area is 106 Å². The van der Waals surface area contributed by atoms with Crippen LogP contribution in [-0.2, 0) is 13.1 Å². The smallest absolute Gasteiger partial charge is 0.129 e. The summed E-state index contributed by atoms with van der Waals surface area (Å²) in [6.07, 6.45) is 6.75. The predicted octanol–water partition coefficient (Wildman–Crippen LogP) is 2.95. The first-order valence-corrected chi connectivity index (χ1v) is 6.02. The van der Waals surface area contributed by atoms with Crippen molar-refractivity contribution in [3.63, 3.8) is 0 Å². The Balaban J connectivity index is 1.90. The van der Waals surface area contributed by atoms with Crippen LogP contribution in [-0.4, -0.2) is 14.8 Å². The van der Waals surface area contributed by atoms with E-state index in [4.69, 9.17) is 11.6 Å². The minimum Gasteiger partial charge on any atom is -0.380 e. The van der Waals surface area contributed by atoms with Crippen molar-refractivity contribution in [1.29, 1.82) is 0 Å². The molecular weight excluding hydrogens is 236 g/mol. The van der Waals surface area contributed by atoms with E-state index in [1.165, 1.54) is 0 Å². The Hall–Kier alpha value is -1.55. The molecule has 0 bridgehead atoms. The number of rotatable bonds is 5. The van der Waals surface area contributed by atoms with Crippen molar-refractivity contribution in [3.05, 3.63) is 41.4 Å². The number of hydrogen-bond acceptors (Lipinski definition) is 3. The second-order valence-electron chi connectivity index (χ2n) is 3.83. The minimum absolute atomic E-state index is 0.506. The van der Waals surface area contributed by atoms with Crippen LogP contribution in [0.3, 0.4) is 0 Å². The lowest BCUT2D eigenvalue weighted by atomic mass is 10.3. The van der Waals surface area contributed by atoms with Crippen molar-refractivity contribution < 1.29 is 0 Å². The molecule has 0 spiro atoms. The lowest BCUT2D eigenvalue weighted by Gasteiger charge is -2.03. The second-order valence-corrected chi connectivity index (χ2v) is 4.22. The highest BCUT2D eigenvalue weighted by molar-refractivity contribution is 6.29. The maximum Gasteiger partial charge on any atom is 0.129 e. The molecule has 0 saturated heterocycles. The van der Waals surface area contributed by atoms with Gasteiger partial charge in [0, 0.05) is 24.8 Å². The van der Waals surface area contributed by atoms with Crippen LogP contribution in [0, 0.1) is 0 Å². The molecule has 0 aliphatic rings. The first-order valence-electron chi connectivity index (χ1n) is 5.64. The first-order chi connectivity index (χ1) is 8.28. The molecule has 4 nitrogen and oxygen atoms in total. The summed E-state index contributed by atoms with van der Waals surface area (Å²) >= 11 is 5.71. The van der Waals surface area contributed by atoms with E-state index in [1.54, 1.807) is 12.3 Å². The SMILES string of the molecule is CCCn1cc(CNc2ccc(Cl)nc2)cn1. The standard InChI is InChI=1S/C12H15ClN4/c1-2-5-17-9-10(7-16-17)6-14-11-3-4-12(13)15-8-11/h3-4,7-9,14H,2,5-6H2,1H3. The maximum atomic E-state index is 5.71. The second kappa shape index (κ2) is 5.68. The van der Waals surface area contributed by atoms with Gasteiger partial charge < -0.3 is 5.32 Å². The summed E-state index contributed by atoms with van der Waals surface area (Å²) in [5.74, 6) is 0. The Morgan fingerprint density at radius 3 is 2.94 bits per heavy atom. The molecule has 0 unspecified atom stereocenters. The summed E-state index contributed by atoms with van der Waals surface area (Å²) in [6.45, 7) is 3.84. The van der Waals surface area contributed by atoms with Gasteiger partial charge in [-0.1, -0.05) is 18.5 Å². The topological polar surface area (TPSA) is 42.7 Å². The zero-order chi connectivity index (χ0) is 12.1. The number of aryl methyl sites for hydroxylation is 1. The number of aromatic nitrogens is 3. The van der Waals surface area contributed by atoms with Crippen molar-refractivity contribution in [1.82, 2.24) is 14.8 Å². The monoisotopic (exact) mass is 250 g/mol. The van der Waals surface area contributed by atoms with Crippen LogP contribution in [0.25, 0.3) is 0 Å². The number of halogens is 1. The third-order valence-electron chi connectivity index (χ3n) is 2.36. The molecule has 1 N–H and O–H groups in total. The third-order valence-corrected chi connectivity index (χ3v) is 2.59.